The van der Waals surface area contributed by atoms with E-state index in [1.165, 1.54) is 6.07 Å². The van der Waals surface area contributed by atoms with Crippen LogP contribution in [-0.2, 0) is 6.42 Å². The molecule has 0 bridgehead atoms. The first-order valence-corrected chi connectivity index (χ1v) is 6.25. The summed E-state index contributed by atoms with van der Waals surface area (Å²) >= 11 is 0. The molecule has 2 aromatic rings. The van der Waals surface area contributed by atoms with Gasteiger partial charge in [0, 0.05) is 29.9 Å². The normalized spacial score (nSPS) is 12.2. The summed E-state index contributed by atoms with van der Waals surface area (Å²) in [6.45, 7) is 2.18. The Morgan fingerprint density at radius 2 is 2.11 bits per heavy atom. The summed E-state index contributed by atoms with van der Waals surface area (Å²) in [4.78, 5) is 4.21. The van der Waals surface area contributed by atoms with Crippen molar-refractivity contribution in [2.45, 2.75) is 19.4 Å². The van der Waals surface area contributed by atoms with Crippen LogP contribution in [0, 0.1) is 5.82 Å². The zero-order valence-corrected chi connectivity index (χ0v) is 10.8. The van der Waals surface area contributed by atoms with Crippen LogP contribution in [0.3, 0.4) is 0 Å². The summed E-state index contributed by atoms with van der Waals surface area (Å²) in [6.07, 6.45) is 2.42. The maximum Gasteiger partial charge on any atom is 0.131 e. The quantitative estimate of drug-likeness (QED) is 0.899. The van der Waals surface area contributed by atoms with Gasteiger partial charge in [0.15, 0.2) is 0 Å². The van der Waals surface area contributed by atoms with Crippen LogP contribution in [0.4, 0.5) is 4.39 Å². The smallest absolute Gasteiger partial charge is 0.131 e. The molecule has 0 radical (unpaired) electrons. The van der Waals surface area contributed by atoms with Crippen molar-refractivity contribution in [3.63, 3.8) is 0 Å². The molecule has 0 fully saturated rings. The Labute approximate surface area is 112 Å². The van der Waals surface area contributed by atoms with Gasteiger partial charge in [0.2, 0.25) is 0 Å². The van der Waals surface area contributed by atoms with Crippen LogP contribution < -0.4 is 10.5 Å². The molecule has 100 valence electrons. The molecule has 19 heavy (non-hydrogen) atoms. The molecule has 1 heterocycles. The van der Waals surface area contributed by atoms with E-state index in [9.17, 15) is 4.39 Å². The summed E-state index contributed by atoms with van der Waals surface area (Å²) in [5.74, 6) is 0.177. The topological polar surface area (TPSA) is 48.1 Å². The molecule has 1 aromatic carbocycles. The van der Waals surface area contributed by atoms with Crippen LogP contribution in [0.25, 0.3) is 0 Å². The van der Waals surface area contributed by atoms with Gasteiger partial charge in [0.25, 0.3) is 0 Å². The Morgan fingerprint density at radius 1 is 1.26 bits per heavy atom. The van der Waals surface area contributed by atoms with Gasteiger partial charge >= 0.3 is 0 Å². The molecule has 1 atom stereocenters. The highest BCUT2D eigenvalue weighted by atomic mass is 19.1. The van der Waals surface area contributed by atoms with E-state index in [0.29, 0.717) is 24.3 Å². The van der Waals surface area contributed by atoms with Crippen molar-refractivity contribution < 1.29 is 9.13 Å². The maximum absolute atomic E-state index is 13.7. The number of halogens is 1. The standard InChI is InChI=1S/C15H17FN2O/c1-11(17)15-13(16)6-4-7-14(15)19-10-8-12-5-2-3-9-18-12/h2-7,9,11H,8,10,17H2,1H3/t11-/m0/s1. The Kier molecular flexibility index (Phi) is 4.47. The van der Waals surface area contributed by atoms with Gasteiger partial charge in [-0.2, -0.15) is 0 Å². The molecule has 0 unspecified atom stereocenters. The molecule has 0 aliphatic heterocycles. The molecule has 0 aliphatic rings. The molecular weight excluding hydrogens is 243 g/mol. The van der Waals surface area contributed by atoms with Crippen molar-refractivity contribution in [3.05, 3.63) is 59.7 Å². The number of ether oxygens (including phenoxy) is 1. The number of benzene rings is 1. The molecule has 0 saturated heterocycles. The van der Waals surface area contributed by atoms with E-state index in [2.05, 4.69) is 4.98 Å². The highest BCUT2D eigenvalue weighted by molar-refractivity contribution is 5.36. The highest BCUT2D eigenvalue weighted by Crippen LogP contribution is 2.26. The zero-order valence-electron chi connectivity index (χ0n) is 10.8. The summed E-state index contributed by atoms with van der Waals surface area (Å²) in [7, 11) is 0. The van der Waals surface area contributed by atoms with Crippen LogP contribution in [0.2, 0.25) is 0 Å². The molecule has 2 rings (SSSR count). The second-order valence-corrected chi connectivity index (χ2v) is 4.36. The average Bonchev–Trinajstić information content (AvgIpc) is 2.39. The Morgan fingerprint density at radius 3 is 2.79 bits per heavy atom. The number of pyridine rings is 1. The molecule has 0 amide bonds. The van der Waals surface area contributed by atoms with E-state index < -0.39 is 6.04 Å². The van der Waals surface area contributed by atoms with Gasteiger partial charge in [-0.3, -0.25) is 4.98 Å². The van der Waals surface area contributed by atoms with E-state index in [0.717, 1.165) is 5.69 Å². The van der Waals surface area contributed by atoms with E-state index in [1.54, 1.807) is 25.3 Å². The first kappa shape index (κ1) is 13.5. The van der Waals surface area contributed by atoms with Gasteiger partial charge in [-0.15, -0.1) is 0 Å². The number of nitrogens with zero attached hydrogens (tertiary/aromatic N) is 1. The van der Waals surface area contributed by atoms with Crippen molar-refractivity contribution in [1.82, 2.24) is 4.98 Å². The summed E-state index contributed by atoms with van der Waals surface area (Å²) in [6, 6.07) is 10.1. The van der Waals surface area contributed by atoms with Crippen LogP contribution in [0.15, 0.2) is 42.6 Å². The van der Waals surface area contributed by atoms with Crippen LogP contribution >= 0.6 is 0 Å². The molecule has 0 spiro atoms. The van der Waals surface area contributed by atoms with Crippen molar-refractivity contribution in [2.24, 2.45) is 5.73 Å². The fraction of sp³-hybridized carbons (Fsp3) is 0.267. The van der Waals surface area contributed by atoms with Crippen LogP contribution in [-0.4, -0.2) is 11.6 Å². The van der Waals surface area contributed by atoms with Crippen molar-refractivity contribution in [1.29, 1.82) is 0 Å². The third kappa shape index (κ3) is 3.51. The average molecular weight is 260 g/mol. The lowest BCUT2D eigenvalue weighted by atomic mass is 10.1. The van der Waals surface area contributed by atoms with Gasteiger partial charge < -0.3 is 10.5 Å². The van der Waals surface area contributed by atoms with E-state index in [1.807, 2.05) is 18.2 Å². The fourth-order valence-corrected chi connectivity index (χ4v) is 1.90. The number of hydrogen-bond acceptors (Lipinski definition) is 3. The molecule has 0 aliphatic carbocycles. The van der Waals surface area contributed by atoms with Crippen LogP contribution in [0.1, 0.15) is 24.2 Å². The van der Waals surface area contributed by atoms with Gasteiger partial charge in [-0.05, 0) is 31.2 Å². The molecule has 3 nitrogen and oxygen atoms in total. The Hall–Kier alpha value is -1.94. The van der Waals surface area contributed by atoms with Gasteiger partial charge in [-0.1, -0.05) is 12.1 Å². The van der Waals surface area contributed by atoms with E-state index in [-0.39, 0.29) is 5.82 Å². The van der Waals surface area contributed by atoms with Crippen molar-refractivity contribution >= 4 is 0 Å². The molecule has 2 N–H and O–H groups in total. The number of hydrogen-bond donors (Lipinski definition) is 1. The van der Waals surface area contributed by atoms with E-state index in [4.69, 9.17) is 10.5 Å². The SMILES string of the molecule is C[C@H](N)c1c(F)cccc1OCCc1ccccn1. The lowest BCUT2D eigenvalue weighted by molar-refractivity contribution is 0.313. The lowest BCUT2D eigenvalue weighted by Gasteiger charge is -2.14. The van der Waals surface area contributed by atoms with Crippen molar-refractivity contribution in [3.8, 4) is 5.75 Å². The second-order valence-electron chi connectivity index (χ2n) is 4.36. The highest BCUT2D eigenvalue weighted by Gasteiger charge is 2.13. The van der Waals surface area contributed by atoms with E-state index >= 15 is 0 Å². The minimum absolute atomic E-state index is 0.328. The number of rotatable bonds is 5. The van der Waals surface area contributed by atoms with Crippen molar-refractivity contribution in [2.75, 3.05) is 6.61 Å². The summed E-state index contributed by atoms with van der Waals surface area (Å²) in [5.41, 5.74) is 7.13. The maximum atomic E-state index is 13.7. The predicted molar refractivity (Wildman–Crippen MR) is 72.4 cm³/mol. The van der Waals surface area contributed by atoms with Crippen LogP contribution in [0.5, 0.6) is 5.75 Å². The largest absolute Gasteiger partial charge is 0.493 e. The third-order valence-electron chi connectivity index (χ3n) is 2.81. The van der Waals surface area contributed by atoms with Gasteiger partial charge in [0.05, 0.1) is 6.61 Å². The molecule has 0 saturated carbocycles. The summed E-state index contributed by atoms with van der Waals surface area (Å²) < 4.78 is 19.3. The molecular formula is C15H17FN2O. The lowest BCUT2D eigenvalue weighted by Crippen LogP contribution is -2.11. The fourth-order valence-electron chi connectivity index (χ4n) is 1.90. The van der Waals surface area contributed by atoms with Gasteiger partial charge in [0.1, 0.15) is 11.6 Å². The summed E-state index contributed by atoms with van der Waals surface area (Å²) in [5, 5.41) is 0. The minimum atomic E-state index is -0.397. The number of nitrogens with two attached hydrogens (primary N) is 1. The molecule has 4 heteroatoms. The monoisotopic (exact) mass is 260 g/mol. The second kappa shape index (κ2) is 6.29. The zero-order chi connectivity index (χ0) is 13.7. The first-order chi connectivity index (χ1) is 9.18. The Balaban J connectivity index is 2.02. The Bertz CT molecular complexity index is 529. The predicted octanol–water partition coefficient (Wildman–Crippen LogP) is 2.86. The minimum Gasteiger partial charge on any atom is -0.493 e. The third-order valence-corrected chi connectivity index (χ3v) is 2.81. The first-order valence-electron chi connectivity index (χ1n) is 6.25. The number of aromatic nitrogens is 1. The van der Waals surface area contributed by atoms with Gasteiger partial charge in [-0.25, -0.2) is 4.39 Å². The molecule has 1 aromatic heterocycles.